The van der Waals surface area contributed by atoms with Gasteiger partial charge in [0.2, 0.25) is 0 Å². The zero-order valence-corrected chi connectivity index (χ0v) is 9.99. The van der Waals surface area contributed by atoms with E-state index in [0.29, 0.717) is 0 Å². The molecule has 0 radical (unpaired) electrons. The Bertz CT molecular complexity index is 516. The Kier molecular flexibility index (Phi) is 2.61. The van der Waals surface area contributed by atoms with Crippen LogP contribution in [-0.2, 0) is 10.2 Å². The van der Waals surface area contributed by atoms with Crippen molar-refractivity contribution in [1.29, 1.82) is 0 Å². The van der Waals surface area contributed by atoms with Gasteiger partial charge in [0.1, 0.15) is 0 Å². The normalized spacial score (nSPS) is 18.2. The minimum atomic E-state index is 0.148. The largest absolute Gasteiger partial charge is 0.379 e. The van der Waals surface area contributed by atoms with E-state index in [2.05, 4.69) is 40.4 Å². The molecule has 1 fully saturated rings. The highest BCUT2D eigenvalue weighted by molar-refractivity contribution is 5.75. The van der Waals surface area contributed by atoms with E-state index in [0.717, 1.165) is 37.3 Å². The van der Waals surface area contributed by atoms with Crippen molar-refractivity contribution in [2.24, 2.45) is 0 Å². The summed E-state index contributed by atoms with van der Waals surface area (Å²) >= 11 is 0. The fourth-order valence-electron chi connectivity index (χ4n) is 2.35. The molecule has 4 heteroatoms. The lowest BCUT2D eigenvalue weighted by Gasteiger charge is -2.42. The number of likely N-dealkylation sites (N-methyl/N-ethyl adjacent to an activating group) is 1. The van der Waals surface area contributed by atoms with Crippen LogP contribution in [0.1, 0.15) is 12.5 Å². The van der Waals surface area contributed by atoms with Gasteiger partial charge in [-0.1, -0.05) is 13.0 Å². The maximum atomic E-state index is 5.42. The topological polar surface area (TPSA) is 49.9 Å². The summed E-state index contributed by atoms with van der Waals surface area (Å²) in [6.45, 7) is 5.71. The van der Waals surface area contributed by atoms with Gasteiger partial charge in [-0.05, 0) is 24.2 Å². The van der Waals surface area contributed by atoms with Crippen LogP contribution < -0.4 is 5.32 Å². The summed E-state index contributed by atoms with van der Waals surface area (Å²) in [6.07, 6.45) is 1.74. The second kappa shape index (κ2) is 4.13. The third-order valence-electron chi connectivity index (χ3n) is 3.50. The quantitative estimate of drug-likeness (QED) is 0.837. The number of hydrogen-bond donors (Lipinski definition) is 2. The van der Waals surface area contributed by atoms with Crippen LogP contribution in [0, 0.1) is 0 Å². The SMILES string of the molecule is CCNCC1(c2ccc3nc[nH]c3c2)COC1. The second-order valence-electron chi connectivity index (χ2n) is 4.69. The molecular weight excluding hydrogens is 214 g/mol. The van der Waals surface area contributed by atoms with Gasteiger partial charge in [0.05, 0.1) is 36.0 Å². The van der Waals surface area contributed by atoms with Gasteiger partial charge in [-0.15, -0.1) is 0 Å². The number of hydrogen-bond acceptors (Lipinski definition) is 3. The Hall–Kier alpha value is -1.39. The van der Waals surface area contributed by atoms with E-state index in [1.165, 1.54) is 5.56 Å². The number of nitrogens with zero attached hydrogens (tertiary/aromatic N) is 1. The molecule has 1 aliphatic heterocycles. The summed E-state index contributed by atoms with van der Waals surface area (Å²) in [7, 11) is 0. The van der Waals surface area contributed by atoms with Crippen molar-refractivity contribution in [2.45, 2.75) is 12.3 Å². The lowest BCUT2D eigenvalue weighted by Crippen LogP contribution is -2.53. The molecule has 4 nitrogen and oxygen atoms in total. The van der Waals surface area contributed by atoms with Crippen LogP contribution in [0.2, 0.25) is 0 Å². The summed E-state index contributed by atoms with van der Waals surface area (Å²) in [5.41, 5.74) is 3.61. The lowest BCUT2D eigenvalue weighted by atomic mass is 9.78. The van der Waals surface area contributed by atoms with E-state index in [1.54, 1.807) is 6.33 Å². The Labute approximate surface area is 100 Å². The van der Waals surface area contributed by atoms with Crippen LogP contribution >= 0.6 is 0 Å². The van der Waals surface area contributed by atoms with Crippen LogP contribution in [0.4, 0.5) is 0 Å². The number of ether oxygens (including phenoxy) is 1. The number of benzene rings is 1. The van der Waals surface area contributed by atoms with Crippen molar-refractivity contribution in [3.05, 3.63) is 30.1 Å². The molecule has 0 bridgehead atoms. The zero-order valence-electron chi connectivity index (χ0n) is 9.99. The molecule has 0 atom stereocenters. The number of rotatable bonds is 4. The number of aromatic nitrogens is 2. The Balaban J connectivity index is 1.94. The molecule has 1 aromatic carbocycles. The monoisotopic (exact) mass is 231 g/mol. The van der Waals surface area contributed by atoms with Gasteiger partial charge in [0, 0.05) is 6.54 Å². The predicted octanol–water partition coefficient (Wildman–Crippen LogP) is 1.44. The molecule has 2 heterocycles. The summed E-state index contributed by atoms with van der Waals surface area (Å²) in [4.78, 5) is 7.41. The van der Waals surface area contributed by atoms with Gasteiger partial charge < -0.3 is 15.0 Å². The zero-order chi connectivity index (χ0) is 11.7. The molecule has 1 aromatic heterocycles. The van der Waals surface area contributed by atoms with Crippen molar-refractivity contribution in [3.63, 3.8) is 0 Å². The molecule has 0 spiro atoms. The summed E-state index contributed by atoms with van der Waals surface area (Å²) < 4.78 is 5.42. The number of imidazole rings is 1. The smallest absolute Gasteiger partial charge is 0.0931 e. The minimum Gasteiger partial charge on any atom is -0.379 e. The third kappa shape index (κ3) is 1.73. The van der Waals surface area contributed by atoms with Crippen LogP contribution in [0.5, 0.6) is 0 Å². The van der Waals surface area contributed by atoms with Gasteiger partial charge in [0.15, 0.2) is 0 Å². The highest BCUT2D eigenvalue weighted by Crippen LogP contribution is 2.33. The molecule has 17 heavy (non-hydrogen) atoms. The second-order valence-corrected chi connectivity index (χ2v) is 4.69. The fourth-order valence-corrected chi connectivity index (χ4v) is 2.35. The van der Waals surface area contributed by atoms with Crippen LogP contribution in [0.3, 0.4) is 0 Å². The lowest BCUT2D eigenvalue weighted by molar-refractivity contribution is -0.0587. The predicted molar refractivity (Wildman–Crippen MR) is 67.1 cm³/mol. The van der Waals surface area contributed by atoms with Crippen molar-refractivity contribution in [2.75, 3.05) is 26.3 Å². The van der Waals surface area contributed by atoms with E-state index in [4.69, 9.17) is 4.74 Å². The molecule has 0 amide bonds. The Morgan fingerprint density at radius 2 is 2.35 bits per heavy atom. The van der Waals surface area contributed by atoms with E-state index < -0.39 is 0 Å². The molecular formula is C13H17N3O. The first kappa shape index (κ1) is 10.7. The molecule has 2 N–H and O–H groups in total. The first-order chi connectivity index (χ1) is 8.34. The summed E-state index contributed by atoms with van der Waals surface area (Å²) in [6, 6.07) is 6.44. The summed E-state index contributed by atoms with van der Waals surface area (Å²) in [5, 5.41) is 3.43. The molecule has 0 saturated carbocycles. The Morgan fingerprint density at radius 3 is 3.06 bits per heavy atom. The van der Waals surface area contributed by atoms with Gasteiger partial charge in [-0.3, -0.25) is 0 Å². The van der Waals surface area contributed by atoms with E-state index in [1.807, 2.05) is 0 Å². The molecule has 2 aromatic rings. The van der Waals surface area contributed by atoms with E-state index in [9.17, 15) is 0 Å². The molecule has 1 aliphatic rings. The highest BCUT2D eigenvalue weighted by atomic mass is 16.5. The van der Waals surface area contributed by atoms with Crippen molar-refractivity contribution < 1.29 is 4.74 Å². The molecule has 0 unspecified atom stereocenters. The molecule has 3 rings (SSSR count). The standard InChI is InChI=1S/C13H17N3O/c1-2-14-6-13(7-17-8-13)10-3-4-11-12(5-10)16-9-15-11/h3-5,9,14H,2,6-8H2,1H3,(H,15,16). The van der Waals surface area contributed by atoms with Gasteiger partial charge in [-0.25, -0.2) is 4.98 Å². The van der Waals surface area contributed by atoms with Crippen LogP contribution in [0.15, 0.2) is 24.5 Å². The fraction of sp³-hybridized carbons (Fsp3) is 0.462. The molecule has 1 saturated heterocycles. The number of fused-ring (bicyclic) bond motifs is 1. The van der Waals surface area contributed by atoms with E-state index in [-0.39, 0.29) is 5.41 Å². The first-order valence-corrected chi connectivity index (χ1v) is 6.06. The summed E-state index contributed by atoms with van der Waals surface area (Å²) in [5.74, 6) is 0. The van der Waals surface area contributed by atoms with E-state index >= 15 is 0 Å². The van der Waals surface area contributed by atoms with Crippen molar-refractivity contribution in [3.8, 4) is 0 Å². The first-order valence-electron chi connectivity index (χ1n) is 6.06. The molecule has 0 aliphatic carbocycles. The van der Waals surface area contributed by atoms with Crippen molar-refractivity contribution >= 4 is 11.0 Å². The number of nitrogens with one attached hydrogen (secondary N) is 2. The maximum Gasteiger partial charge on any atom is 0.0931 e. The maximum absolute atomic E-state index is 5.42. The van der Waals surface area contributed by atoms with Gasteiger partial charge >= 0.3 is 0 Å². The van der Waals surface area contributed by atoms with Gasteiger partial charge in [-0.2, -0.15) is 0 Å². The number of aromatic amines is 1. The van der Waals surface area contributed by atoms with Crippen LogP contribution in [-0.4, -0.2) is 36.3 Å². The average Bonchev–Trinajstić information content (AvgIpc) is 2.75. The van der Waals surface area contributed by atoms with Gasteiger partial charge in [0.25, 0.3) is 0 Å². The number of H-pyrrole nitrogens is 1. The Morgan fingerprint density at radius 1 is 1.47 bits per heavy atom. The molecule has 90 valence electrons. The third-order valence-corrected chi connectivity index (χ3v) is 3.50. The average molecular weight is 231 g/mol. The minimum absolute atomic E-state index is 0.148. The van der Waals surface area contributed by atoms with Crippen molar-refractivity contribution in [1.82, 2.24) is 15.3 Å². The van der Waals surface area contributed by atoms with Crippen LogP contribution in [0.25, 0.3) is 11.0 Å². The highest BCUT2D eigenvalue weighted by Gasteiger charge is 2.39.